The molecule has 0 radical (unpaired) electrons. The zero-order valence-corrected chi connectivity index (χ0v) is 14.6. The van der Waals surface area contributed by atoms with Gasteiger partial charge in [-0.1, -0.05) is 72.8 Å². The number of rotatable bonds is 4. The summed E-state index contributed by atoms with van der Waals surface area (Å²) in [7, 11) is 0. The first-order valence-electron chi connectivity index (χ1n) is 8.83. The Hall–Kier alpha value is -2.64. The lowest BCUT2D eigenvalue weighted by Gasteiger charge is -2.22. The first kappa shape index (κ1) is 15.9. The highest BCUT2D eigenvalue weighted by Crippen LogP contribution is 2.31. The molecular formula is C24H22O. The summed E-state index contributed by atoms with van der Waals surface area (Å²) in [5.41, 5.74) is 2.39. The van der Waals surface area contributed by atoms with Crippen LogP contribution in [0, 0.1) is 0 Å². The molecule has 0 amide bonds. The minimum Gasteiger partial charge on any atom is -0.366 e. The Kier molecular flexibility index (Phi) is 4.25. The molecule has 4 aromatic carbocycles. The van der Waals surface area contributed by atoms with E-state index in [-0.39, 0.29) is 12.2 Å². The topological polar surface area (TPSA) is 9.23 Å². The van der Waals surface area contributed by atoms with Crippen molar-refractivity contribution in [3.05, 3.63) is 96.1 Å². The molecule has 0 unspecified atom stereocenters. The smallest absolute Gasteiger partial charge is 0.108 e. The monoisotopic (exact) mass is 326 g/mol. The summed E-state index contributed by atoms with van der Waals surface area (Å²) in [5.74, 6) is 0. The van der Waals surface area contributed by atoms with Gasteiger partial charge in [0.2, 0.25) is 0 Å². The van der Waals surface area contributed by atoms with Gasteiger partial charge in [0.25, 0.3) is 0 Å². The van der Waals surface area contributed by atoms with Crippen LogP contribution in [0.4, 0.5) is 0 Å². The normalized spacial score (nSPS) is 11.7. The van der Waals surface area contributed by atoms with Crippen LogP contribution in [0.2, 0.25) is 0 Å². The molecule has 0 fully saturated rings. The van der Waals surface area contributed by atoms with Crippen molar-refractivity contribution < 1.29 is 4.74 Å². The van der Waals surface area contributed by atoms with E-state index in [0.29, 0.717) is 0 Å². The van der Waals surface area contributed by atoms with Crippen LogP contribution < -0.4 is 0 Å². The average molecular weight is 326 g/mol. The molecule has 4 aromatic rings. The highest BCUT2D eigenvalue weighted by molar-refractivity contribution is 5.84. The summed E-state index contributed by atoms with van der Waals surface area (Å²) in [6.45, 7) is 4.18. The molecule has 1 heteroatoms. The van der Waals surface area contributed by atoms with Crippen LogP contribution >= 0.6 is 0 Å². The third kappa shape index (κ3) is 3.29. The molecular weight excluding hydrogens is 304 g/mol. The van der Waals surface area contributed by atoms with Crippen LogP contribution in [-0.2, 0) is 4.74 Å². The SMILES string of the molecule is CC(C)OC(c1ccc2ccccc2c1)c1ccc2ccccc2c1. The van der Waals surface area contributed by atoms with Gasteiger partial charge in [-0.15, -0.1) is 0 Å². The van der Waals surface area contributed by atoms with Gasteiger partial charge in [0.05, 0.1) is 6.10 Å². The molecule has 0 spiro atoms. The molecule has 0 saturated carbocycles. The minimum absolute atomic E-state index is 0.0609. The molecule has 0 aromatic heterocycles. The van der Waals surface area contributed by atoms with Crippen molar-refractivity contribution in [2.75, 3.05) is 0 Å². The average Bonchev–Trinajstić information content (AvgIpc) is 2.65. The van der Waals surface area contributed by atoms with Crippen molar-refractivity contribution in [2.45, 2.75) is 26.1 Å². The Morgan fingerprint density at radius 2 is 1.00 bits per heavy atom. The molecule has 0 aliphatic carbocycles. The lowest BCUT2D eigenvalue weighted by Crippen LogP contribution is -2.12. The van der Waals surface area contributed by atoms with Crippen molar-refractivity contribution in [2.24, 2.45) is 0 Å². The van der Waals surface area contributed by atoms with Gasteiger partial charge in [-0.3, -0.25) is 0 Å². The van der Waals surface area contributed by atoms with Crippen molar-refractivity contribution in [3.8, 4) is 0 Å². The number of hydrogen-bond donors (Lipinski definition) is 0. The largest absolute Gasteiger partial charge is 0.366 e. The number of fused-ring (bicyclic) bond motifs is 2. The van der Waals surface area contributed by atoms with E-state index in [1.54, 1.807) is 0 Å². The van der Waals surface area contributed by atoms with Gasteiger partial charge in [-0.05, 0) is 58.7 Å². The van der Waals surface area contributed by atoms with Crippen molar-refractivity contribution in [1.29, 1.82) is 0 Å². The highest BCUT2D eigenvalue weighted by Gasteiger charge is 2.17. The van der Waals surface area contributed by atoms with Gasteiger partial charge in [-0.25, -0.2) is 0 Å². The lowest BCUT2D eigenvalue weighted by molar-refractivity contribution is 0.0305. The number of ether oxygens (including phenoxy) is 1. The fraction of sp³-hybridized carbons (Fsp3) is 0.167. The third-order valence-corrected chi connectivity index (χ3v) is 4.56. The van der Waals surface area contributed by atoms with E-state index in [1.807, 2.05) is 0 Å². The maximum absolute atomic E-state index is 6.32. The van der Waals surface area contributed by atoms with Gasteiger partial charge in [0, 0.05) is 0 Å². The summed E-state index contributed by atoms with van der Waals surface area (Å²) in [4.78, 5) is 0. The van der Waals surface area contributed by atoms with Crippen LogP contribution in [0.15, 0.2) is 84.9 Å². The number of hydrogen-bond acceptors (Lipinski definition) is 1. The summed E-state index contributed by atoms with van der Waals surface area (Å²) in [6.07, 6.45) is 0.0946. The van der Waals surface area contributed by atoms with Crippen molar-refractivity contribution in [1.82, 2.24) is 0 Å². The van der Waals surface area contributed by atoms with Gasteiger partial charge < -0.3 is 4.74 Å². The molecule has 25 heavy (non-hydrogen) atoms. The second-order valence-corrected chi connectivity index (χ2v) is 6.78. The van der Waals surface area contributed by atoms with Crippen molar-refractivity contribution >= 4 is 21.5 Å². The Balaban J connectivity index is 1.82. The lowest BCUT2D eigenvalue weighted by atomic mass is 9.96. The Labute approximate surface area is 148 Å². The zero-order valence-electron chi connectivity index (χ0n) is 14.6. The van der Waals surface area contributed by atoms with Crippen LogP contribution in [0.25, 0.3) is 21.5 Å². The van der Waals surface area contributed by atoms with Gasteiger partial charge in [-0.2, -0.15) is 0 Å². The predicted molar refractivity (Wildman–Crippen MR) is 106 cm³/mol. The molecule has 0 N–H and O–H groups in total. The molecule has 0 bridgehead atoms. The van der Waals surface area contributed by atoms with E-state index in [1.165, 1.54) is 32.7 Å². The number of benzene rings is 4. The van der Waals surface area contributed by atoms with Crippen LogP contribution in [0.5, 0.6) is 0 Å². The predicted octanol–water partition coefficient (Wildman–Crippen LogP) is 6.51. The maximum Gasteiger partial charge on any atom is 0.108 e. The van der Waals surface area contributed by atoms with Crippen LogP contribution in [0.1, 0.15) is 31.1 Å². The molecule has 0 heterocycles. The molecule has 1 nitrogen and oxygen atoms in total. The molecule has 0 aliphatic heterocycles. The van der Waals surface area contributed by atoms with E-state index < -0.39 is 0 Å². The molecule has 0 saturated heterocycles. The Morgan fingerprint density at radius 1 is 0.560 bits per heavy atom. The molecule has 0 atom stereocenters. The van der Waals surface area contributed by atoms with E-state index in [9.17, 15) is 0 Å². The molecule has 0 aliphatic rings. The third-order valence-electron chi connectivity index (χ3n) is 4.56. The zero-order chi connectivity index (χ0) is 17.2. The van der Waals surface area contributed by atoms with Crippen LogP contribution in [-0.4, -0.2) is 6.10 Å². The van der Waals surface area contributed by atoms with E-state index in [4.69, 9.17) is 4.74 Å². The molecule has 4 rings (SSSR count). The first-order chi connectivity index (χ1) is 12.2. The fourth-order valence-corrected chi connectivity index (χ4v) is 3.36. The van der Waals surface area contributed by atoms with E-state index >= 15 is 0 Å². The Morgan fingerprint density at radius 3 is 1.44 bits per heavy atom. The standard InChI is InChI=1S/C24H22O/c1-17(2)25-24(22-13-11-18-7-3-5-9-20(18)15-22)23-14-12-19-8-4-6-10-21(19)16-23/h3-17,24H,1-2H3. The molecule has 124 valence electrons. The van der Waals surface area contributed by atoms with Crippen LogP contribution in [0.3, 0.4) is 0 Å². The summed E-state index contributed by atoms with van der Waals surface area (Å²) in [6, 6.07) is 30.2. The Bertz CT molecular complexity index is 937. The fourth-order valence-electron chi connectivity index (χ4n) is 3.36. The summed E-state index contributed by atoms with van der Waals surface area (Å²) in [5, 5.41) is 5.01. The first-order valence-corrected chi connectivity index (χ1v) is 8.83. The maximum atomic E-state index is 6.32. The quantitative estimate of drug-likeness (QED) is 0.415. The van der Waals surface area contributed by atoms with Crippen molar-refractivity contribution in [3.63, 3.8) is 0 Å². The second-order valence-electron chi connectivity index (χ2n) is 6.78. The van der Waals surface area contributed by atoms with Gasteiger partial charge >= 0.3 is 0 Å². The van der Waals surface area contributed by atoms with Gasteiger partial charge in [0.15, 0.2) is 0 Å². The minimum atomic E-state index is -0.0609. The van der Waals surface area contributed by atoms with E-state index in [2.05, 4.69) is 98.8 Å². The summed E-state index contributed by atoms with van der Waals surface area (Å²) >= 11 is 0. The van der Waals surface area contributed by atoms with Gasteiger partial charge in [0.1, 0.15) is 6.10 Å². The summed E-state index contributed by atoms with van der Waals surface area (Å²) < 4.78 is 6.32. The highest BCUT2D eigenvalue weighted by atomic mass is 16.5. The second kappa shape index (κ2) is 6.70. The van der Waals surface area contributed by atoms with E-state index in [0.717, 1.165) is 0 Å².